The van der Waals surface area contributed by atoms with Crippen LogP contribution in [0.25, 0.3) is 11.4 Å². The van der Waals surface area contributed by atoms with E-state index in [4.69, 9.17) is 4.74 Å². The lowest BCUT2D eigenvalue weighted by Gasteiger charge is -2.07. The standard InChI is InChI=1S/C18H14N4O4/c23-17(12-26-16-8-4-7-15(9-16)22(24)25)21-14-10-19-18(20-11-14)13-5-2-1-3-6-13/h1-11H,12H2,(H,21,23). The molecular formula is C18H14N4O4. The zero-order valence-electron chi connectivity index (χ0n) is 13.5. The van der Waals surface area contributed by atoms with Crippen LogP contribution in [0.2, 0.25) is 0 Å². The van der Waals surface area contributed by atoms with Gasteiger partial charge in [-0.1, -0.05) is 36.4 Å². The summed E-state index contributed by atoms with van der Waals surface area (Å²) < 4.78 is 5.27. The minimum atomic E-state index is -0.529. The first-order chi connectivity index (χ1) is 12.6. The average molecular weight is 350 g/mol. The minimum Gasteiger partial charge on any atom is -0.484 e. The fourth-order valence-corrected chi connectivity index (χ4v) is 2.16. The van der Waals surface area contributed by atoms with Crippen molar-refractivity contribution in [2.45, 2.75) is 0 Å². The van der Waals surface area contributed by atoms with Crippen molar-refractivity contribution in [1.82, 2.24) is 9.97 Å². The third-order valence-corrected chi connectivity index (χ3v) is 3.37. The summed E-state index contributed by atoms with van der Waals surface area (Å²) in [5.74, 6) is 0.369. The van der Waals surface area contributed by atoms with E-state index in [1.165, 1.54) is 36.7 Å². The molecule has 0 aliphatic heterocycles. The van der Waals surface area contributed by atoms with Crippen molar-refractivity contribution in [2.24, 2.45) is 0 Å². The molecule has 0 spiro atoms. The molecule has 8 heteroatoms. The predicted octanol–water partition coefficient (Wildman–Crippen LogP) is 3.07. The highest BCUT2D eigenvalue weighted by Gasteiger charge is 2.09. The lowest BCUT2D eigenvalue weighted by Crippen LogP contribution is -2.20. The number of aromatic nitrogens is 2. The zero-order chi connectivity index (χ0) is 18.4. The maximum absolute atomic E-state index is 11.9. The molecule has 2 aromatic carbocycles. The quantitative estimate of drug-likeness (QED) is 0.541. The third-order valence-electron chi connectivity index (χ3n) is 3.37. The molecule has 0 bridgehead atoms. The molecule has 0 radical (unpaired) electrons. The molecule has 0 aliphatic rings. The van der Waals surface area contributed by atoms with E-state index in [0.29, 0.717) is 11.5 Å². The van der Waals surface area contributed by atoms with Gasteiger partial charge in [0.15, 0.2) is 12.4 Å². The van der Waals surface area contributed by atoms with Gasteiger partial charge in [0.2, 0.25) is 0 Å². The molecule has 8 nitrogen and oxygen atoms in total. The van der Waals surface area contributed by atoms with Crippen molar-refractivity contribution in [3.63, 3.8) is 0 Å². The van der Waals surface area contributed by atoms with Gasteiger partial charge in [0, 0.05) is 11.6 Å². The largest absolute Gasteiger partial charge is 0.484 e. The normalized spacial score (nSPS) is 10.2. The first-order valence-electron chi connectivity index (χ1n) is 7.66. The van der Waals surface area contributed by atoms with E-state index in [-0.39, 0.29) is 18.0 Å². The molecule has 1 heterocycles. The van der Waals surface area contributed by atoms with E-state index in [0.717, 1.165) is 5.56 Å². The van der Waals surface area contributed by atoms with Gasteiger partial charge in [-0.15, -0.1) is 0 Å². The number of ether oxygens (including phenoxy) is 1. The van der Waals surface area contributed by atoms with E-state index >= 15 is 0 Å². The topological polar surface area (TPSA) is 107 Å². The highest BCUT2D eigenvalue weighted by Crippen LogP contribution is 2.19. The van der Waals surface area contributed by atoms with Gasteiger partial charge in [-0.05, 0) is 6.07 Å². The van der Waals surface area contributed by atoms with Crippen LogP contribution in [0.1, 0.15) is 0 Å². The number of nitrogens with one attached hydrogen (secondary N) is 1. The predicted molar refractivity (Wildman–Crippen MR) is 94.7 cm³/mol. The number of nitro groups is 1. The Morgan fingerprint density at radius 1 is 1.08 bits per heavy atom. The summed E-state index contributed by atoms with van der Waals surface area (Å²) in [6, 6.07) is 15.1. The fourth-order valence-electron chi connectivity index (χ4n) is 2.16. The number of nitrogens with zero attached hydrogens (tertiary/aromatic N) is 3. The lowest BCUT2D eigenvalue weighted by atomic mass is 10.2. The zero-order valence-corrected chi connectivity index (χ0v) is 13.5. The van der Waals surface area contributed by atoms with Crippen molar-refractivity contribution in [3.05, 3.63) is 77.1 Å². The second-order valence-electron chi connectivity index (χ2n) is 5.25. The number of benzene rings is 2. The molecule has 1 amide bonds. The van der Waals surface area contributed by atoms with Gasteiger partial charge in [-0.2, -0.15) is 0 Å². The summed E-state index contributed by atoms with van der Waals surface area (Å²) >= 11 is 0. The number of anilines is 1. The van der Waals surface area contributed by atoms with E-state index in [2.05, 4.69) is 15.3 Å². The monoisotopic (exact) mass is 350 g/mol. The summed E-state index contributed by atoms with van der Waals surface area (Å²) in [4.78, 5) is 30.5. The summed E-state index contributed by atoms with van der Waals surface area (Å²) in [5, 5.41) is 13.3. The Hall–Kier alpha value is -3.81. The number of amides is 1. The molecule has 1 N–H and O–H groups in total. The molecule has 3 aromatic rings. The smallest absolute Gasteiger partial charge is 0.273 e. The molecule has 0 atom stereocenters. The van der Waals surface area contributed by atoms with Gasteiger partial charge in [-0.3, -0.25) is 14.9 Å². The van der Waals surface area contributed by atoms with Crippen molar-refractivity contribution >= 4 is 17.3 Å². The van der Waals surface area contributed by atoms with E-state index in [9.17, 15) is 14.9 Å². The van der Waals surface area contributed by atoms with Gasteiger partial charge in [0.1, 0.15) is 5.75 Å². The van der Waals surface area contributed by atoms with Crippen molar-refractivity contribution < 1.29 is 14.5 Å². The SMILES string of the molecule is O=C(COc1cccc([N+](=O)[O-])c1)Nc1cnc(-c2ccccc2)nc1. The number of rotatable bonds is 6. The van der Waals surface area contributed by atoms with Crippen LogP contribution < -0.4 is 10.1 Å². The van der Waals surface area contributed by atoms with Crippen LogP contribution in [0.4, 0.5) is 11.4 Å². The fraction of sp³-hybridized carbons (Fsp3) is 0.0556. The molecule has 0 fully saturated rings. The average Bonchev–Trinajstić information content (AvgIpc) is 2.68. The summed E-state index contributed by atoms with van der Waals surface area (Å²) in [5.41, 5.74) is 1.20. The molecule has 1 aromatic heterocycles. The Morgan fingerprint density at radius 2 is 1.81 bits per heavy atom. The maximum atomic E-state index is 11.9. The second-order valence-corrected chi connectivity index (χ2v) is 5.25. The number of hydrogen-bond acceptors (Lipinski definition) is 6. The van der Waals surface area contributed by atoms with Crippen LogP contribution in [0.15, 0.2) is 67.0 Å². The Labute approximate surface area is 148 Å². The molecule has 26 heavy (non-hydrogen) atoms. The van der Waals surface area contributed by atoms with E-state index in [1.54, 1.807) is 0 Å². The first-order valence-corrected chi connectivity index (χ1v) is 7.66. The van der Waals surface area contributed by atoms with Gasteiger partial charge in [0.05, 0.1) is 29.1 Å². The van der Waals surface area contributed by atoms with E-state index < -0.39 is 10.8 Å². The molecule has 3 rings (SSSR count). The Bertz CT molecular complexity index is 914. The highest BCUT2D eigenvalue weighted by molar-refractivity contribution is 5.91. The Morgan fingerprint density at radius 3 is 2.50 bits per heavy atom. The van der Waals surface area contributed by atoms with Crippen LogP contribution in [0, 0.1) is 10.1 Å². The summed E-state index contributed by atoms with van der Waals surface area (Å²) in [6.45, 7) is -0.290. The van der Waals surface area contributed by atoms with Crippen molar-refractivity contribution in [1.29, 1.82) is 0 Å². The number of carbonyl (C=O) groups is 1. The molecule has 0 saturated heterocycles. The van der Waals surface area contributed by atoms with Gasteiger partial charge in [-0.25, -0.2) is 9.97 Å². The Balaban J connectivity index is 1.57. The van der Waals surface area contributed by atoms with Gasteiger partial charge < -0.3 is 10.1 Å². The van der Waals surface area contributed by atoms with Crippen LogP contribution >= 0.6 is 0 Å². The molecule has 0 aliphatic carbocycles. The molecule has 0 saturated carbocycles. The number of non-ortho nitro benzene ring substituents is 1. The van der Waals surface area contributed by atoms with Crippen molar-refractivity contribution in [3.8, 4) is 17.1 Å². The molecular weight excluding hydrogens is 336 g/mol. The first kappa shape index (κ1) is 17.0. The van der Waals surface area contributed by atoms with Crippen LogP contribution in [0.3, 0.4) is 0 Å². The molecule has 130 valence electrons. The molecule has 0 unspecified atom stereocenters. The van der Waals surface area contributed by atoms with Crippen LogP contribution in [-0.4, -0.2) is 27.4 Å². The van der Waals surface area contributed by atoms with Gasteiger partial charge in [0.25, 0.3) is 11.6 Å². The number of hydrogen-bond donors (Lipinski definition) is 1. The van der Waals surface area contributed by atoms with Crippen LogP contribution in [0.5, 0.6) is 5.75 Å². The lowest BCUT2D eigenvalue weighted by molar-refractivity contribution is -0.384. The summed E-state index contributed by atoms with van der Waals surface area (Å²) in [6.07, 6.45) is 3.00. The second kappa shape index (κ2) is 7.84. The highest BCUT2D eigenvalue weighted by atomic mass is 16.6. The van der Waals surface area contributed by atoms with Crippen molar-refractivity contribution in [2.75, 3.05) is 11.9 Å². The van der Waals surface area contributed by atoms with Gasteiger partial charge >= 0.3 is 0 Å². The third kappa shape index (κ3) is 4.38. The minimum absolute atomic E-state index is 0.104. The Kier molecular flexibility index (Phi) is 5.14. The maximum Gasteiger partial charge on any atom is 0.273 e. The number of nitro benzene ring substituents is 1. The summed E-state index contributed by atoms with van der Waals surface area (Å²) in [7, 11) is 0. The van der Waals surface area contributed by atoms with Crippen LogP contribution in [-0.2, 0) is 4.79 Å². The van der Waals surface area contributed by atoms with E-state index in [1.807, 2.05) is 30.3 Å². The number of carbonyl (C=O) groups excluding carboxylic acids is 1.